The molecule has 27 heavy (non-hydrogen) atoms. The molecule has 0 aromatic heterocycles. The molecule has 1 aromatic carbocycles. The fourth-order valence-corrected chi connectivity index (χ4v) is 4.09. The van der Waals surface area contributed by atoms with E-state index in [4.69, 9.17) is 14.5 Å². The molecule has 0 aliphatic carbocycles. The summed E-state index contributed by atoms with van der Waals surface area (Å²) >= 11 is 0. The Hall–Kier alpha value is -1.06. The minimum atomic E-state index is 0. The van der Waals surface area contributed by atoms with Crippen LogP contribution in [-0.2, 0) is 16.0 Å². The van der Waals surface area contributed by atoms with E-state index < -0.39 is 0 Å². The van der Waals surface area contributed by atoms with E-state index in [0.717, 1.165) is 45.2 Å². The first-order chi connectivity index (χ1) is 12.8. The van der Waals surface area contributed by atoms with Crippen molar-refractivity contribution >= 4 is 35.6 Å². The molecule has 2 N–H and O–H groups in total. The molecular formula is C20H31IN4O2. The average molecular weight is 486 g/mol. The van der Waals surface area contributed by atoms with Gasteiger partial charge in [-0.25, -0.2) is 4.99 Å². The van der Waals surface area contributed by atoms with Crippen LogP contribution >= 0.6 is 24.0 Å². The third-order valence-corrected chi connectivity index (χ3v) is 5.50. The fourth-order valence-electron chi connectivity index (χ4n) is 4.09. The predicted octanol–water partition coefficient (Wildman–Crippen LogP) is 2.52. The fraction of sp³-hybridized carbons (Fsp3) is 0.650. The molecule has 0 amide bonds. The maximum Gasteiger partial charge on any atom is 0.191 e. The molecule has 3 saturated heterocycles. The van der Waals surface area contributed by atoms with E-state index in [-0.39, 0.29) is 24.0 Å². The normalized spacial score (nSPS) is 27.4. The van der Waals surface area contributed by atoms with Gasteiger partial charge in [-0.2, -0.15) is 0 Å². The second kappa shape index (κ2) is 9.93. The zero-order valence-corrected chi connectivity index (χ0v) is 18.4. The van der Waals surface area contributed by atoms with Crippen molar-refractivity contribution in [2.45, 2.75) is 51.0 Å². The van der Waals surface area contributed by atoms with E-state index in [9.17, 15) is 0 Å². The Morgan fingerprint density at radius 3 is 2.59 bits per heavy atom. The van der Waals surface area contributed by atoms with Gasteiger partial charge in [0, 0.05) is 25.3 Å². The Labute approximate surface area is 179 Å². The molecule has 4 rings (SSSR count). The molecule has 3 unspecified atom stereocenters. The van der Waals surface area contributed by atoms with Crippen molar-refractivity contribution in [3.63, 3.8) is 0 Å². The number of hydrogen-bond donors (Lipinski definition) is 2. The van der Waals surface area contributed by atoms with Gasteiger partial charge in [0.1, 0.15) is 0 Å². The zero-order valence-electron chi connectivity index (χ0n) is 16.0. The van der Waals surface area contributed by atoms with Crippen LogP contribution in [0.25, 0.3) is 0 Å². The van der Waals surface area contributed by atoms with Gasteiger partial charge in [-0.15, -0.1) is 24.0 Å². The third-order valence-electron chi connectivity index (χ3n) is 5.50. The highest BCUT2D eigenvalue weighted by Gasteiger charge is 2.41. The minimum Gasteiger partial charge on any atom is -0.378 e. The summed E-state index contributed by atoms with van der Waals surface area (Å²) < 4.78 is 11.4. The van der Waals surface area contributed by atoms with Crippen molar-refractivity contribution in [2.75, 3.05) is 37.7 Å². The van der Waals surface area contributed by atoms with Crippen LogP contribution in [0.4, 0.5) is 5.69 Å². The van der Waals surface area contributed by atoms with E-state index in [1.807, 2.05) is 0 Å². The van der Waals surface area contributed by atoms with Crippen LogP contribution in [0, 0.1) is 0 Å². The molecule has 3 aliphatic heterocycles. The monoisotopic (exact) mass is 486 g/mol. The van der Waals surface area contributed by atoms with Crippen LogP contribution in [0.15, 0.2) is 29.3 Å². The molecule has 3 aliphatic rings. The van der Waals surface area contributed by atoms with E-state index >= 15 is 0 Å². The van der Waals surface area contributed by atoms with E-state index in [1.165, 1.54) is 24.1 Å². The number of anilines is 1. The smallest absolute Gasteiger partial charge is 0.191 e. The molecule has 7 heteroatoms. The standard InChI is InChI=1S/C20H30N4O2.HI/c1-2-21-20(23-18-13-17-7-8-19(18)26-17)22-14-15-3-5-16(6-4-15)24-9-11-25-12-10-24;/h3-6,17-19H,2,7-14H2,1H3,(H2,21,22,23);1H. The topological polar surface area (TPSA) is 58.1 Å². The summed E-state index contributed by atoms with van der Waals surface area (Å²) in [6.07, 6.45) is 4.30. The minimum absolute atomic E-state index is 0. The quantitative estimate of drug-likeness (QED) is 0.381. The highest BCUT2D eigenvalue weighted by Crippen LogP contribution is 2.34. The van der Waals surface area contributed by atoms with Crippen molar-refractivity contribution in [1.82, 2.24) is 10.6 Å². The highest BCUT2D eigenvalue weighted by molar-refractivity contribution is 14.0. The lowest BCUT2D eigenvalue weighted by Crippen LogP contribution is -2.47. The van der Waals surface area contributed by atoms with Gasteiger partial charge in [0.2, 0.25) is 0 Å². The third kappa shape index (κ3) is 5.26. The molecule has 150 valence electrons. The van der Waals surface area contributed by atoms with Crippen molar-refractivity contribution in [1.29, 1.82) is 0 Å². The lowest BCUT2D eigenvalue weighted by molar-refractivity contribution is 0.0992. The van der Waals surface area contributed by atoms with E-state index in [0.29, 0.717) is 24.8 Å². The van der Waals surface area contributed by atoms with Crippen LogP contribution < -0.4 is 15.5 Å². The molecule has 1 aromatic rings. The summed E-state index contributed by atoms with van der Waals surface area (Å²) in [5.74, 6) is 0.894. The molecule has 3 heterocycles. The highest BCUT2D eigenvalue weighted by atomic mass is 127. The summed E-state index contributed by atoms with van der Waals surface area (Å²) in [5, 5.41) is 6.94. The van der Waals surface area contributed by atoms with Crippen molar-refractivity contribution in [2.24, 2.45) is 4.99 Å². The van der Waals surface area contributed by atoms with Gasteiger partial charge in [0.05, 0.1) is 38.0 Å². The molecule has 3 fully saturated rings. The molecule has 0 radical (unpaired) electrons. The van der Waals surface area contributed by atoms with Gasteiger partial charge in [-0.3, -0.25) is 0 Å². The average Bonchev–Trinajstić information content (AvgIpc) is 3.31. The number of halogens is 1. The summed E-state index contributed by atoms with van der Waals surface area (Å²) in [4.78, 5) is 7.15. The summed E-state index contributed by atoms with van der Waals surface area (Å²) in [6.45, 7) is 7.22. The number of rotatable bonds is 5. The van der Waals surface area contributed by atoms with Crippen molar-refractivity contribution < 1.29 is 9.47 Å². The van der Waals surface area contributed by atoms with E-state index in [1.54, 1.807) is 0 Å². The first-order valence-corrected chi connectivity index (χ1v) is 9.94. The van der Waals surface area contributed by atoms with Gasteiger partial charge in [0.15, 0.2) is 5.96 Å². The first kappa shape index (κ1) is 20.7. The molecule has 3 atom stereocenters. The van der Waals surface area contributed by atoms with Crippen molar-refractivity contribution in [3.8, 4) is 0 Å². The first-order valence-electron chi connectivity index (χ1n) is 9.94. The Morgan fingerprint density at radius 2 is 1.96 bits per heavy atom. The predicted molar refractivity (Wildman–Crippen MR) is 119 cm³/mol. The van der Waals surface area contributed by atoms with Crippen LogP contribution in [0.3, 0.4) is 0 Å². The summed E-state index contributed by atoms with van der Waals surface area (Å²) in [7, 11) is 0. The number of aliphatic imine (C=N–C) groups is 1. The van der Waals surface area contributed by atoms with Gasteiger partial charge in [-0.1, -0.05) is 12.1 Å². The van der Waals surface area contributed by atoms with Gasteiger partial charge < -0.3 is 25.0 Å². The number of nitrogens with zero attached hydrogens (tertiary/aromatic N) is 2. The van der Waals surface area contributed by atoms with Gasteiger partial charge in [0.25, 0.3) is 0 Å². The molecule has 0 saturated carbocycles. The Kier molecular flexibility index (Phi) is 7.60. The zero-order chi connectivity index (χ0) is 17.8. The number of ether oxygens (including phenoxy) is 2. The molecular weight excluding hydrogens is 455 g/mol. The second-order valence-electron chi connectivity index (χ2n) is 7.32. The number of fused-ring (bicyclic) bond motifs is 2. The van der Waals surface area contributed by atoms with Crippen LogP contribution in [-0.4, -0.2) is 57.1 Å². The summed E-state index contributed by atoms with van der Waals surface area (Å²) in [6, 6.07) is 9.15. The maximum absolute atomic E-state index is 5.94. The second-order valence-corrected chi connectivity index (χ2v) is 7.32. The number of nitrogens with one attached hydrogen (secondary N) is 2. The number of guanidine groups is 1. The van der Waals surface area contributed by atoms with Gasteiger partial charge >= 0.3 is 0 Å². The van der Waals surface area contributed by atoms with Gasteiger partial charge in [-0.05, 0) is 43.9 Å². The summed E-state index contributed by atoms with van der Waals surface area (Å²) in [5.41, 5.74) is 2.49. The Balaban J connectivity index is 0.00000210. The molecule has 0 spiro atoms. The van der Waals surface area contributed by atoms with Crippen LogP contribution in [0.1, 0.15) is 31.7 Å². The Bertz CT molecular complexity index is 619. The van der Waals surface area contributed by atoms with Crippen molar-refractivity contribution in [3.05, 3.63) is 29.8 Å². The largest absolute Gasteiger partial charge is 0.378 e. The SMILES string of the molecule is CCNC(=NCc1ccc(N2CCOCC2)cc1)NC1CC2CCC1O2.I. The lowest BCUT2D eigenvalue weighted by atomic mass is 9.96. The molecule has 2 bridgehead atoms. The number of benzene rings is 1. The van der Waals surface area contributed by atoms with Crippen LogP contribution in [0.2, 0.25) is 0 Å². The molecule has 6 nitrogen and oxygen atoms in total. The maximum atomic E-state index is 5.94. The van der Waals surface area contributed by atoms with E-state index in [2.05, 4.69) is 46.7 Å². The number of morpholine rings is 1. The van der Waals surface area contributed by atoms with Crippen LogP contribution in [0.5, 0.6) is 0 Å². The Morgan fingerprint density at radius 1 is 1.19 bits per heavy atom. The lowest BCUT2D eigenvalue weighted by Gasteiger charge is -2.28. The number of hydrogen-bond acceptors (Lipinski definition) is 4.